The number of amides is 2. The Labute approximate surface area is 137 Å². The minimum absolute atomic E-state index is 0.0523. The van der Waals surface area contributed by atoms with E-state index in [1.54, 1.807) is 7.11 Å². The van der Waals surface area contributed by atoms with Crippen LogP contribution >= 0.6 is 0 Å². The summed E-state index contributed by atoms with van der Waals surface area (Å²) >= 11 is 0. The summed E-state index contributed by atoms with van der Waals surface area (Å²) in [5, 5.41) is 3.07. The fourth-order valence-corrected chi connectivity index (χ4v) is 3.58. The normalized spacial score (nSPS) is 25.7. The van der Waals surface area contributed by atoms with E-state index in [-0.39, 0.29) is 24.2 Å². The lowest BCUT2D eigenvalue weighted by molar-refractivity contribution is 0.0394. The van der Waals surface area contributed by atoms with Crippen LogP contribution in [0.5, 0.6) is 0 Å². The van der Waals surface area contributed by atoms with E-state index in [1.807, 2.05) is 24.0 Å². The molecule has 2 amide bonds. The number of methoxy groups -OCH3 is 1. The van der Waals surface area contributed by atoms with Crippen LogP contribution in [0.15, 0.2) is 16.5 Å². The van der Waals surface area contributed by atoms with Gasteiger partial charge >= 0.3 is 6.03 Å². The summed E-state index contributed by atoms with van der Waals surface area (Å²) in [5.74, 6) is 1.56. The summed E-state index contributed by atoms with van der Waals surface area (Å²) in [4.78, 5) is 14.8. The van der Waals surface area contributed by atoms with Crippen LogP contribution < -0.4 is 5.32 Å². The number of urea groups is 1. The van der Waals surface area contributed by atoms with Gasteiger partial charge in [0, 0.05) is 20.3 Å². The van der Waals surface area contributed by atoms with Crippen LogP contribution in [0.2, 0.25) is 0 Å². The molecule has 1 aromatic heterocycles. The molecule has 0 spiro atoms. The van der Waals surface area contributed by atoms with Gasteiger partial charge in [-0.1, -0.05) is 0 Å². The first-order chi connectivity index (χ1) is 11.2. The van der Waals surface area contributed by atoms with E-state index in [9.17, 15) is 4.79 Å². The van der Waals surface area contributed by atoms with Crippen molar-refractivity contribution in [3.05, 3.63) is 23.7 Å². The maximum atomic E-state index is 12.8. The molecule has 3 atom stereocenters. The lowest BCUT2D eigenvalue weighted by Gasteiger charge is -2.31. The monoisotopic (exact) mass is 322 g/mol. The molecule has 128 valence electrons. The molecule has 1 saturated carbocycles. The molecule has 0 aromatic carbocycles. The van der Waals surface area contributed by atoms with E-state index >= 15 is 0 Å². The van der Waals surface area contributed by atoms with Gasteiger partial charge in [-0.05, 0) is 44.7 Å². The highest BCUT2D eigenvalue weighted by atomic mass is 16.5. The van der Waals surface area contributed by atoms with Crippen molar-refractivity contribution < 1.29 is 18.7 Å². The molecule has 3 rings (SSSR count). The third-order valence-electron chi connectivity index (χ3n) is 4.69. The fraction of sp³-hybridized carbons (Fsp3) is 0.706. The number of carbonyl (C=O) groups is 1. The highest BCUT2D eigenvalue weighted by molar-refractivity contribution is 5.75. The fourth-order valence-electron chi connectivity index (χ4n) is 3.58. The maximum Gasteiger partial charge on any atom is 0.318 e. The molecule has 1 aliphatic carbocycles. The Hall–Kier alpha value is -1.53. The van der Waals surface area contributed by atoms with Gasteiger partial charge in [-0.15, -0.1) is 0 Å². The van der Waals surface area contributed by atoms with Crippen molar-refractivity contribution >= 4 is 6.03 Å². The van der Waals surface area contributed by atoms with E-state index in [2.05, 4.69) is 5.32 Å². The minimum atomic E-state index is -0.273. The van der Waals surface area contributed by atoms with Gasteiger partial charge in [0.1, 0.15) is 17.6 Å². The van der Waals surface area contributed by atoms with Crippen molar-refractivity contribution in [1.82, 2.24) is 10.2 Å². The molecule has 0 bridgehead atoms. The SMILES string of the molecule is COC[C@H](NC(=O)N1CCCO[C@@H]2CCC[C@H]21)c1ccc(C)o1. The van der Waals surface area contributed by atoms with Gasteiger partial charge in [0.15, 0.2) is 0 Å². The maximum absolute atomic E-state index is 12.8. The molecule has 2 aliphatic rings. The average molecular weight is 322 g/mol. The number of nitrogens with one attached hydrogen (secondary N) is 1. The number of hydrogen-bond donors (Lipinski definition) is 1. The second-order valence-electron chi connectivity index (χ2n) is 6.36. The smallest absolute Gasteiger partial charge is 0.318 e. The predicted molar refractivity (Wildman–Crippen MR) is 85.3 cm³/mol. The van der Waals surface area contributed by atoms with Crippen molar-refractivity contribution in [3.8, 4) is 0 Å². The Morgan fingerprint density at radius 3 is 3.04 bits per heavy atom. The minimum Gasteiger partial charge on any atom is -0.464 e. The van der Waals surface area contributed by atoms with Gasteiger partial charge in [0.05, 0.1) is 18.8 Å². The molecular formula is C17H26N2O4. The van der Waals surface area contributed by atoms with Crippen LogP contribution in [0.3, 0.4) is 0 Å². The Bertz CT molecular complexity index is 530. The van der Waals surface area contributed by atoms with Crippen molar-refractivity contribution in [1.29, 1.82) is 0 Å². The molecule has 1 aliphatic heterocycles. The second kappa shape index (κ2) is 7.36. The topological polar surface area (TPSA) is 63.9 Å². The summed E-state index contributed by atoms with van der Waals surface area (Å²) < 4.78 is 16.8. The van der Waals surface area contributed by atoms with Crippen LogP contribution in [-0.4, -0.2) is 49.9 Å². The number of nitrogens with zero attached hydrogens (tertiary/aromatic N) is 1. The summed E-state index contributed by atoms with van der Waals surface area (Å²) in [5.41, 5.74) is 0. The van der Waals surface area contributed by atoms with E-state index in [1.165, 1.54) is 0 Å². The molecular weight excluding hydrogens is 296 g/mol. The molecule has 2 heterocycles. The molecule has 0 unspecified atom stereocenters. The molecule has 6 heteroatoms. The Balaban J connectivity index is 1.70. The Morgan fingerprint density at radius 1 is 1.43 bits per heavy atom. The lowest BCUT2D eigenvalue weighted by Crippen LogP contribution is -2.49. The first kappa shape index (κ1) is 16.3. The first-order valence-electron chi connectivity index (χ1n) is 8.43. The van der Waals surface area contributed by atoms with Crippen LogP contribution in [-0.2, 0) is 9.47 Å². The summed E-state index contributed by atoms with van der Waals surface area (Å²) in [6.45, 7) is 3.76. The van der Waals surface area contributed by atoms with Crippen LogP contribution in [0.4, 0.5) is 4.79 Å². The first-order valence-corrected chi connectivity index (χ1v) is 8.43. The van der Waals surface area contributed by atoms with Gasteiger partial charge in [0.2, 0.25) is 0 Å². The molecule has 6 nitrogen and oxygen atoms in total. The molecule has 0 radical (unpaired) electrons. The molecule has 2 fully saturated rings. The van der Waals surface area contributed by atoms with Gasteiger partial charge in [-0.25, -0.2) is 4.79 Å². The van der Waals surface area contributed by atoms with E-state index in [0.717, 1.165) is 50.4 Å². The van der Waals surface area contributed by atoms with Gasteiger partial charge in [-0.3, -0.25) is 0 Å². The number of furan rings is 1. The number of ether oxygens (including phenoxy) is 2. The zero-order valence-electron chi connectivity index (χ0n) is 13.9. The summed E-state index contributed by atoms with van der Waals surface area (Å²) in [7, 11) is 1.63. The van der Waals surface area contributed by atoms with E-state index < -0.39 is 0 Å². The number of rotatable bonds is 4. The number of aryl methyl sites for hydroxylation is 1. The second-order valence-corrected chi connectivity index (χ2v) is 6.36. The van der Waals surface area contributed by atoms with E-state index in [4.69, 9.17) is 13.9 Å². The third-order valence-corrected chi connectivity index (χ3v) is 4.69. The van der Waals surface area contributed by atoms with Gasteiger partial charge in [0.25, 0.3) is 0 Å². The molecule has 1 N–H and O–H groups in total. The summed E-state index contributed by atoms with van der Waals surface area (Å²) in [6, 6.07) is 3.66. The Morgan fingerprint density at radius 2 is 2.30 bits per heavy atom. The zero-order valence-corrected chi connectivity index (χ0v) is 13.9. The molecule has 1 aromatic rings. The number of fused-ring (bicyclic) bond motifs is 1. The standard InChI is InChI=1S/C17H26N2O4/c1-12-7-8-15(23-12)13(11-21-2)18-17(20)19-9-4-10-22-16-6-3-5-14(16)19/h7-8,13-14,16H,3-6,9-11H2,1-2H3,(H,18,20)/t13-,14+,16+/m0/s1. The molecule has 23 heavy (non-hydrogen) atoms. The van der Waals surface area contributed by atoms with Crippen molar-refractivity contribution in [2.24, 2.45) is 0 Å². The van der Waals surface area contributed by atoms with Crippen molar-refractivity contribution in [3.63, 3.8) is 0 Å². The average Bonchev–Trinajstić information content (AvgIpc) is 3.12. The van der Waals surface area contributed by atoms with Crippen molar-refractivity contribution in [2.45, 2.75) is 50.8 Å². The van der Waals surface area contributed by atoms with Gasteiger partial charge in [-0.2, -0.15) is 0 Å². The Kier molecular flexibility index (Phi) is 5.23. The molecule has 1 saturated heterocycles. The van der Waals surface area contributed by atoms with Crippen molar-refractivity contribution in [2.75, 3.05) is 26.9 Å². The highest BCUT2D eigenvalue weighted by Gasteiger charge is 2.37. The lowest BCUT2D eigenvalue weighted by atomic mass is 10.2. The van der Waals surface area contributed by atoms with E-state index in [0.29, 0.717) is 6.61 Å². The largest absolute Gasteiger partial charge is 0.464 e. The van der Waals surface area contributed by atoms with Crippen LogP contribution in [0.25, 0.3) is 0 Å². The quantitative estimate of drug-likeness (QED) is 0.925. The number of hydrogen-bond acceptors (Lipinski definition) is 4. The van der Waals surface area contributed by atoms with Crippen LogP contribution in [0, 0.1) is 6.92 Å². The van der Waals surface area contributed by atoms with Crippen LogP contribution in [0.1, 0.15) is 43.2 Å². The third kappa shape index (κ3) is 3.70. The highest BCUT2D eigenvalue weighted by Crippen LogP contribution is 2.29. The predicted octanol–water partition coefficient (Wildman–Crippen LogP) is 2.63. The zero-order chi connectivity index (χ0) is 16.2. The van der Waals surface area contributed by atoms with Gasteiger partial charge < -0.3 is 24.1 Å². The summed E-state index contributed by atoms with van der Waals surface area (Å²) in [6.07, 6.45) is 4.27. The number of carbonyl (C=O) groups excluding carboxylic acids is 1.